The van der Waals surface area contributed by atoms with Gasteiger partial charge in [-0.05, 0) is 19.1 Å². The van der Waals surface area contributed by atoms with Gasteiger partial charge < -0.3 is 4.42 Å². The van der Waals surface area contributed by atoms with Gasteiger partial charge in [-0.1, -0.05) is 18.2 Å². The molecule has 0 aliphatic heterocycles. The van der Waals surface area contributed by atoms with E-state index in [0.29, 0.717) is 11.1 Å². The number of benzene rings is 1. The highest BCUT2D eigenvalue weighted by Gasteiger charge is 1.98. The second kappa shape index (κ2) is 3.62. The summed E-state index contributed by atoms with van der Waals surface area (Å²) in [6.45, 7) is 1.75. The highest BCUT2D eigenvalue weighted by atomic mass is 35.5. The third kappa shape index (κ3) is 1.73. The third-order valence-corrected chi connectivity index (χ3v) is 1.82. The topological polar surface area (TPSA) is 30.2 Å². The van der Waals surface area contributed by atoms with Crippen molar-refractivity contribution in [1.82, 2.24) is 0 Å². The first kappa shape index (κ1) is 9.81. The second-order valence-corrected chi connectivity index (χ2v) is 2.75. The van der Waals surface area contributed by atoms with Crippen molar-refractivity contribution in [1.29, 1.82) is 0 Å². The molecule has 2 aromatic rings. The zero-order valence-corrected chi connectivity index (χ0v) is 7.93. The van der Waals surface area contributed by atoms with E-state index in [-0.39, 0.29) is 18.0 Å². The summed E-state index contributed by atoms with van der Waals surface area (Å²) in [5.74, 6) is 0. The van der Waals surface area contributed by atoms with Crippen LogP contribution in [0.15, 0.2) is 39.5 Å². The van der Waals surface area contributed by atoms with E-state index >= 15 is 0 Å². The van der Waals surface area contributed by atoms with Crippen LogP contribution in [0.4, 0.5) is 0 Å². The van der Waals surface area contributed by atoms with Gasteiger partial charge in [-0.2, -0.15) is 0 Å². The van der Waals surface area contributed by atoms with Gasteiger partial charge in [0.2, 0.25) is 0 Å². The van der Waals surface area contributed by atoms with Crippen molar-refractivity contribution < 1.29 is 4.42 Å². The van der Waals surface area contributed by atoms with E-state index in [0.717, 1.165) is 5.39 Å². The van der Waals surface area contributed by atoms with Gasteiger partial charge in [0.15, 0.2) is 0 Å². The molecule has 0 aliphatic carbocycles. The van der Waals surface area contributed by atoms with Crippen LogP contribution in [0.2, 0.25) is 0 Å². The van der Waals surface area contributed by atoms with E-state index in [4.69, 9.17) is 4.42 Å². The minimum absolute atomic E-state index is 0. The van der Waals surface area contributed by atoms with Crippen molar-refractivity contribution in [3.05, 3.63) is 46.3 Å². The number of halogens is 1. The Hall–Kier alpha value is -1.28. The van der Waals surface area contributed by atoms with Crippen LogP contribution in [-0.4, -0.2) is 0 Å². The van der Waals surface area contributed by atoms with Gasteiger partial charge >= 0.3 is 5.63 Å². The Bertz CT molecular complexity index is 474. The first-order chi connectivity index (χ1) is 5.77. The summed E-state index contributed by atoms with van der Waals surface area (Å²) < 4.78 is 5.04. The zero-order valence-electron chi connectivity index (χ0n) is 7.11. The van der Waals surface area contributed by atoms with Crippen molar-refractivity contribution in [3.63, 3.8) is 0 Å². The molecule has 1 aromatic heterocycles. The van der Waals surface area contributed by atoms with Crippen LogP contribution in [-0.2, 0) is 0 Å². The van der Waals surface area contributed by atoms with Gasteiger partial charge in [-0.3, -0.25) is 0 Å². The Labute approximate surface area is 81.6 Å². The number of hydrogen-bond acceptors (Lipinski definition) is 2. The molecule has 1 heterocycles. The average molecular weight is 197 g/mol. The maximum absolute atomic E-state index is 11.1. The highest BCUT2D eigenvalue weighted by Crippen LogP contribution is 2.11. The summed E-state index contributed by atoms with van der Waals surface area (Å²) in [6, 6.07) is 9.31. The molecule has 68 valence electrons. The van der Waals surface area contributed by atoms with Gasteiger partial charge in [0.1, 0.15) is 5.58 Å². The first-order valence-corrected chi connectivity index (χ1v) is 3.77. The Morgan fingerprint density at radius 2 is 1.92 bits per heavy atom. The SMILES string of the molecule is Cc1cc2ccccc2oc1=O.Cl. The summed E-state index contributed by atoms with van der Waals surface area (Å²) in [6.07, 6.45) is 0. The molecule has 0 fully saturated rings. The average Bonchev–Trinajstić information content (AvgIpc) is 2.07. The fourth-order valence-corrected chi connectivity index (χ4v) is 1.17. The molecule has 13 heavy (non-hydrogen) atoms. The summed E-state index contributed by atoms with van der Waals surface area (Å²) in [5, 5.41) is 0.967. The summed E-state index contributed by atoms with van der Waals surface area (Å²) in [5.41, 5.74) is 1.04. The number of fused-ring (bicyclic) bond motifs is 1. The molecule has 3 heteroatoms. The summed E-state index contributed by atoms with van der Waals surface area (Å²) >= 11 is 0. The minimum atomic E-state index is -0.256. The fraction of sp³-hybridized carbons (Fsp3) is 0.100. The van der Waals surface area contributed by atoms with Crippen LogP contribution in [0, 0.1) is 6.92 Å². The zero-order chi connectivity index (χ0) is 8.55. The molecule has 0 saturated carbocycles. The van der Waals surface area contributed by atoms with E-state index < -0.39 is 0 Å². The summed E-state index contributed by atoms with van der Waals surface area (Å²) in [4.78, 5) is 11.1. The predicted octanol–water partition coefficient (Wildman–Crippen LogP) is 2.52. The maximum Gasteiger partial charge on any atom is 0.339 e. The van der Waals surface area contributed by atoms with Crippen LogP contribution >= 0.6 is 12.4 Å². The Morgan fingerprint density at radius 3 is 2.69 bits per heavy atom. The van der Waals surface area contributed by atoms with Crippen LogP contribution in [0.25, 0.3) is 11.0 Å². The Morgan fingerprint density at radius 1 is 1.23 bits per heavy atom. The fourth-order valence-electron chi connectivity index (χ4n) is 1.17. The molecule has 0 amide bonds. The Kier molecular flexibility index (Phi) is 2.73. The number of hydrogen-bond donors (Lipinski definition) is 0. The number of para-hydroxylation sites is 1. The molecule has 2 rings (SSSR count). The lowest BCUT2D eigenvalue weighted by Gasteiger charge is -1.95. The van der Waals surface area contributed by atoms with Gasteiger partial charge in [-0.25, -0.2) is 4.79 Å². The molecular weight excluding hydrogens is 188 g/mol. The third-order valence-electron chi connectivity index (χ3n) is 1.82. The van der Waals surface area contributed by atoms with Crippen LogP contribution < -0.4 is 5.63 Å². The Balaban J connectivity index is 0.000000845. The molecular formula is C10H9ClO2. The molecule has 1 aromatic carbocycles. The molecule has 0 saturated heterocycles. The van der Waals surface area contributed by atoms with E-state index in [2.05, 4.69) is 0 Å². The lowest BCUT2D eigenvalue weighted by Crippen LogP contribution is -2.01. The van der Waals surface area contributed by atoms with E-state index in [9.17, 15) is 4.79 Å². The number of rotatable bonds is 0. The standard InChI is InChI=1S/C10H8O2.ClH/c1-7-6-8-4-2-3-5-9(8)12-10(7)11;/h2-6H,1H3;1H. The van der Waals surface area contributed by atoms with Crippen LogP contribution in [0.3, 0.4) is 0 Å². The maximum atomic E-state index is 11.1. The van der Waals surface area contributed by atoms with E-state index in [1.807, 2.05) is 24.3 Å². The van der Waals surface area contributed by atoms with E-state index in [1.165, 1.54) is 0 Å². The lowest BCUT2D eigenvalue weighted by atomic mass is 10.2. The molecule has 0 unspecified atom stereocenters. The molecule has 0 atom stereocenters. The highest BCUT2D eigenvalue weighted by molar-refractivity contribution is 5.85. The van der Waals surface area contributed by atoms with Gasteiger partial charge in [0.05, 0.1) is 0 Å². The van der Waals surface area contributed by atoms with Crippen LogP contribution in [0.5, 0.6) is 0 Å². The lowest BCUT2D eigenvalue weighted by molar-refractivity contribution is 0.555. The van der Waals surface area contributed by atoms with Crippen molar-refractivity contribution >= 4 is 23.4 Å². The first-order valence-electron chi connectivity index (χ1n) is 3.77. The predicted molar refractivity (Wildman–Crippen MR) is 54.5 cm³/mol. The van der Waals surface area contributed by atoms with Gasteiger partial charge in [0, 0.05) is 10.9 Å². The van der Waals surface area contributed by atoms with Crippen molar-refractivity contribution in [2.75, 3.05) is 0 Å². The molecule has 0 bridgehead atoms. The monoisotopic (exact) mass is 196 g/mol. The van der Waals surface area contributed by atoms with Gasteiger partial charge in [-0.15, -0.1) is 12.4 Å². The second-order valence-electron chi connectivity index (χ2n) is 2.75. The smallest absolute Gasteiger partial charge is 0.339 e. The van der Waals surface area contributed by atoms with Crippen molar-refractivity contribution in [2.24, 2.45) is 0 Å². The largest absolute Gasteiger partial charge is 0.423 e. The molecule has 0 aliphatic rings. The van der Waals surface area contributed by atoms with Crippen molar-refractivity contribution in [3.8, 4) is 0 Å². The molecule has 0 spiro atoms. The van der Waals surface area contributed by atoms with Crippen molar-refractivity contribution in [2.45, 2.75) is 6.92 Å². The van der Waals surface area contributed by atoms with E-state index in [1.54, 1.807) is 13.0 Å². The molecule has 0 N–H and O–H groups in total. The summed E-state index contributed by atoms with van der Waals surface area (Å²) in [7, 11) is 0. The van der Waals surface area contributed by atoms with Gasteiger partial charge in [0.25, 0.3) is 0 Å². The molecule has 2 nitrogen and oxygen atoms in total. The quantitative estimate of drug-likeness (QED) is 0.606. The normalized spacial score (nSPS) is 9.62. The number of aryl methyl sites for hydroxylation is 1. The molecule has 0 radical (unpaired) electrons. The van der Waals surface area contributed by atoms with Crippen LogP contribution in [0.1, 0.15) is 5.56 Å². The minimum Gasteiger partial charge on any atom is -0.423 e.